The standard InChI is InChI=1S/C22H27N3O5/c1-16-12-19(13-20(26)24(16)2)30-18-8-10-25(11-9-18)21(27)14-23-22(28)29-15-17-6-4-3-5-7-17/h3-7,12-13,18H,8-11,14-15H2,1-2H3,(H,23,28). The van der Waals surface area contributed by atoms with Crippen molar-refractivity contribution in [1.29, 1.82) is 0 Å². The van der Waals surface area contributed by atoms with Gasteiger partial charge in [-0.05, 0) is 18.6 Å². The van der Waals surface area contributed by atoms with Crippen LogP contribution in [0.15, 0.2) is 47.3 Å². The number of nitrogens with zero attached hydrogens (tertiary/aromatic N) is 2. The molecule has 8 nitrogen and oxygen atoms in total. The summed E-state index contributed by atoms with van der Waals surface area (Å²) in [4.78, 5) is 37.7. The van der Waals surface area contributed by atoms with Gasteiger partial charge >= 0.3 is 6.09 Å². The molecule has 1 N–H and O–H groups in total. The molecule has 0 atom stereocenters. The molecule has 0 spiro atoms. The molecule has 2 amide bonds. The second kappa shape index (κ2) is 9.96. The van der Waals surface area contributed by atoms with Gasteiger partial charge in [-0.3, -0.25) is 9.59 Å². The Labute approximate surface area is 175 Å². The minimum absolute atomic E-state index is 0.0515. The van der Waals surface area contributed by atoms with Gasteiger partial charge in [-0.2, -0.15) is 0 Å². The molecule has 1 saturated heterocycles. The molecule has 160 valence electrons. The smallest absolute Gasteiger partial charge is 0.407 e. The molecule has 8 heteroatoms. The molecule has 0 bridgehead atoms. The number of carbonyl (C=O) groups is 2. The minimum Gasteiger partial charge on any atom is -0.490 e. The number of carbonyl (C=O) groups excluding carboxylic acids is 2. The van der Waals surface area contributed by atoms with Crippen LogP contribution < -0.4 is 15.6 Å². The van der Waals surface area contributed by atoms with Crippen molar-refractivity contribution < 1.29 is 19.1 Å². The number of hydrogen-bond acceptors (Lipinski definition) is 5. The Hall–Kier alpha value is -3.29. The number of hydrogen-bond donors (Lipinski definition) is 1. The van der Waals surface area contributed by atoms with Gasteiger partial charge in [0.25, 0.3) is 5.56 Å². The summed E-state index contributed by atoms with van der Waals surface area (Å²) in [6, 6.07) is 12.7. The van der Waals surface area contributed by atoms with Crippen molar-refractivity contribution in [2.45, 2.75) is 32.5 Å². The summed E-state index contributed by atoms with van der Waals surface area (Å²) < 4.78 is 12.6. The Morgan fingerprint density at radius 3 is 2.50 bits per heavy atom. The van der Waals surface area contributed by atoms with Crippen LogP contribution in [0, 0.1) is 6.92 Å². The Balaban J connectivity index is 1.38. The molecule has 0 saturated carbocycles. The molecule has 1 aliphatic heterocycles. The van der Waals surface area contributed by atoms with E-state index in [9.17, 15) is 14.4 Å². The third-order valence-electron chi connectivity index (χ3n) is 5.17. The normalized spacial score (nSPS) is 14.3. The summed E-state index contributed by atoms with van der Waals surface area (Å²) >= 11 is 0. The first-order chi connectivity index (χ1) is 14.4. The number of rotatable bonds is 6. The van der Waals surface area contributed by atoms with E-state index in [1.807, 2.05) is 43.3 Å². The van der Waals surface area contributed by atoms with E-state index in [4.69, 9.17) is 9.47 Å². The number of pyridine rings is 1. The van der Waals surface area contributed by atoms with Gasteiger partial charge < -0.3 is 24.3 Å². The summed E-state index contributed by atoms with van der Waals surface area (Å²) in [6.45, 7) is 2.98. The second-order valence-electron chi connectivity index (χ2n) is 7.34. The van der Waals surface area contributed by atoms with Gasteiger partial charge in [-0.1, -0.05) is 30.3 Å². The van der Waals surface area contributed by atoms with Crippen molar-refractivity contribution in [2.75, 3.05) is 19.6 Å². The van der Waals surface area contributed by atoms with Crippen molar-refractivity contribution in [3.8, 4) is 5.75 Å². The van der Waals surface area contributed by atoms with Crippen LogP contribution in [0.25, 0.3) is 0 Å². The van der Waals surface area contributed by atoms with E-state index in [0.29, 0.717) is 31.7 Å². The molecule has 0 unspecified atom stereocenters. The highest BCUT2D eigenvalue weighted by molar-refractivity contribution is 5.82. The number of aryl methyl sites for hydroxylation is 1. The summed E-state index contributed by atoms with van der Waals surface area (Å²) in [7, 11) is 1.72. The van der Waals surface area contributed by atoms with Crippen molar-refractivity contribution in [3.05, 3.63) is 64.1 Å². The highest BCUT2D eigenvalue weighted by Gasteiger charge is 2.24. The highest BCUT2D eigenvalue weighted by Crippen LogP contribution is 2.18. The number of likely N-dealkylation sites (tertiary alicyclic amines) is 1. The molecule has 2 heterocycles. The van der Waals surface area contributed by atoms with Crippen LogP contribution >= 0.6 is 0 Å². The van der Waals surface area contributed by atoms with Crippen LogP contribution in [0.2, 0.25) is 0 Å². The van der Waals surface area contributed by atoms with Crippen LogP contribution in [-0.2, 0) is 23.2 Å². The molecule has 0 aliphatic carbocycles. The number of benzene rings is 1. The van der Waals surface area contributed by atoms with Crippen molar-refractivity contribution in [3.63, 3.8) is 0 Å². The first kappa shape index (κ1) is 21.4. The molecule has 0 radical (unpaired) electrons. The number of ether oxygens (including phenoxy) is 2. The number of piperidine rings is 1. The Kier molecular flexibility index (Phi) is 7.11. The van der Waals surface area contributed by atoms with Crippen molar-refractivity contribution in [2.24, 2.45) is 7.05 Å². The molecular formula is C22H27N3O5. The predicted octanol–water partition coefficient (Wildman–Crippen LogP) is 1.99. The third kappa shape index (κ3) is 5.85. The van der Waals surface area contributed by atoms with Gasteiger partial charge in [-0.25, -0.2) is 4.79 Å². The lowest BCUT2D eigenvalue weighted by Crippen LogP contribution is -2.46. The van der Waals surface area contributed by atoms with Gasteiger partial charge in [-0.15, -0.1) is 0 Å². The number of alkyl carbamates (subject to hydrolysis) is 1. The van der Waals surface area contributed by atoms with E-state index < -0.39 is 6.09 Å². The molecule has 1 fully saturated rings. The number of amides is 2. The van der Waals surface area contributed by atoms with Gasteiger partial charge in [0.1, 0.15) is 25.0 Å². The number of aromatic nitrogens is 1. The largest absolute Gasteiger partial charge is 0.490 e. The van der Waals surface area contributed by atoms with Crippen LogP contribution in [-0.4, -0.2) is 47.2 Å². The summed E-state index contributed by atoms with van der Waals surface area (Å²) in [5.41, 5.74) is 1.60. The molecule has 1 aromatic heterocycles. The van der Waals surface area contributed by atoms with E-state index in [2.05, 4.69) is 5.32 Å². The first-order valence-electron chi connectivity index (χ1n) is 9.99. The van der Waals surface area contributed by atoms with Crippen LogP contribution in [0.4, 0.5) is 4.79 Å². The maximum atomic E-state index is 12.3. The predicted molar refractivity (Wildman–Crippen MR) is 111 cm³/mol. The monoisotopic (exact) mass is 413 g/mol. The molecule has 2 aromatic rings. The lowest BCUT2D eigenvalue weighted by atomic mass is 10.1. The highest BCUT2D eigenvalue weighted by atomic mass is 16.5. The second-order valence-corrected chi connectivity index (χ2v) is 7.34. The fraction of sp³-hybridized carbons (Fsp3) is 0.409. The fourth-order valence-corrected chi connectivity index (χ4v) is 3.25. The summed E-state index contributed by atoms with van der Waals surface area (Å²) in [5, 5.41) is 2.50. The zero-order valence-corrected chi connectivity index (χ0v) is 17.3. The molecular weight excluding hydrogens is 386 g/mol. The Morgan fingerprint density at radius 2 is 1.83 bits per heavy atom. The average molecular weight is 413 g/mol. The van der Waals surface area contributed by atoms with Crippen LogP contribution in [0.3, 0.4) is 0 Å². The maximum absolute atomic E-state index is 12.3. The van der Waals surface area contributed by atoms with Gasteiger partial charge in [0.2, 0.25) is 5.91 Å². The molecule has 1 aromatic carbocycles. The average Bonchev–Trinajstić information content (AvgIpc) is 2.75. The Bertz CT molecular complexity index is 934. The fourth-order valence-electron chi connectivity index (χ4n) is 3.25. The maximum Gasteiger partial charge on any atom is 0.407 e. The third-order valence-corrected chi connectivity index (χ3v) is 5.17. The zero-order valence-electron chi connectivity index (χ0n) is 17.3. The van der Waals surface area contributed by atoms with Gasteiger partial charge in [0, 0.05) is 44.7 Å². The van der Waals surface area contributed by atoms with Crippen molar-refractivity contribution >= 4 is 12.0 Å². The lowest BCUT2D eigenvalue weighted by molar-refractivity contribution is -0.131. The number of nitrogens with one attached hydrogen (secondary N) is 1. The first-order valence-corrected chi connectivity index (χ1v) is 9.99. The topological polar surface area (TPSA) is 89.9 Å². The summed E-state index contributed by atoms with van der Waals surface area (Å²) in [6.07, 6.45) is 0.660. The SMILES string of the molecule is Cc1cc(OC2CCN(C(=O)CNC(=O)OCc3ccccc3)CC2)cc(=O)n1C. The van der Waals surface area contributed by atoms with Gasteiger partial charge in [0.15, 0.2) is 0 Å². The lowest BCUT2D eigenvalue weighted by Gasteiger charge is -2.32. The van der Waals surface area contributed by atoms with E-state index >= 15 is 0 Å². The zero-order chi connectivity index (χ0) is 21.5. The Morgan fingerprint density at radius 1 is 1.13 bits per heavy atom. The summed E-state index contributed by atoms with van der Waals surface area (Å²) in [5.74, 6) is 0.401. The van der Waals surface area contributed by atoms with Crippen molar-refractivity contribution in [1.82, 2.24) is 14.8 Å². The van der Waals surface area contributed by atoms with Crippen LogP contribution in [0.1, 0.15) is 24.1 Å². The molecule has 3 rings (SSSR count). The van der Waals surface area contributed by atoms with E-state index in [1.54, 1.807) is 16.5 Å². The van der Waals surface area contributed by atoms with Gasteiger partial charge in [0.05, 0.1) is 0 Å². The van der Waals surface area contributed by atoms with Crippen LogP contribution in [0.5, 0.6) is 5.75 Å². The minimum atomic E-state index is -0.619. The molecule has 1 aliphatic rings. The van der Waals surface area contributed by atoms with E-state index in [0.717, 1.165) is 11.3 Å². The molecule has 30 heavy (non-hydrogen) atoms. The quantitative estimate of drug-likeness (QED) is 0.782. The van der Waals surface area contributed by atoms with E-state index in [-0.39, 0.29) is 30.7 Å². The van der Waals surface area contributed by atoms with E-state index in [1.165, 1.54) is 6.07 Å².